The van der Waals surface area contributed by atoms with E-state index in [0.717, 1.165) is 18.7 Å². The fourth-order valence-electron chi connectivity index (χ4n) is 2.98. The van der Waals surface area contributed by atoms with Gasteiger partial charge in [-0.1, -0.05) is 17.3 Å². The third-order valence-electron chi connectivity index (χ3n) is 4.37. The molecule has 1 aromatic heterocycles. The molecule has 1 aliphatic rings. The minimum Gasteiger partial charge on any atom is -0.322 e. The van der Waals surface area contributed by atoms with Crippen molar-refractivity contribution in [2.45, 2.75) is 12.8 Å². The molecule has 2 heterocycles. The molecule has 8 heteroatoms. The maximum absolute atomic E-state index is 12.4. The number of rotatable bonds is 4. The van der Waals surface area contributed by atoms with Gasteiger partial charge in [0.2, 0.25) is 5.91 Å². The lowest BCUT2D eigenvalue weighted by atomic mass is 10.1. The van der Waals surface area contributed by atoms with Crippen LogP contribution in [0.2, 0.25) is 0 Å². The van der Waals surface area contributed by atoms with Crippen LogP contribution in [-0.2, 0) is 4.79 Å². The van der Waals surface area contributed by atoms with Gasteiger partial charge in [-0.25, -0.2) is 4.79 Å². The third kappa shape index (κ3) is 3.50. The van der Waals surface area contributed by atoms with Crippen molar-refractivity contribution in [2.24, 2.45) is 0 Å². The second kappa shape index (κ2) is 6.91. The van der Waals surface area contributed by atoms with Crippen LogP contribution in [0, 0.1) is 0 Å². The van der Waals surface area contributed by atoms with Gasteiger partial charge in [0, 0.05) is 35.5 Å². The number of benzene rings is 2. The lowest BCUT2D eigenvalue weighted by Crippen LogP contribution is -2.23. The Bertz CT molecular complexity index is 1030. The van der Waals surface area contributed by atoms with E-state index >= 15 is 0 Å². The van der Waals surface area contributed by atoms with Gasteiger partial charge < -0.3 is 10.2 Å². The number of aromatic nitrogens is 2. The molecule has 1 fully saturated rings. The van der Waals surface area contributed by atoms with E-state index in [0.29, 0.717) is 29.1 Å². The number of carbonyl (C=O) groups is 2. The minimum absolute atomic E-state index is 0.125. The Hall–Kier alpha value is -3.68. The molecule has 2 N–H and O–H groups in total. The molecule has 0 saturated carbocycles. The number of aromatic amines is 1. The molecule has 0 atom stereocenters. The molecule has 0 unspecified atom stereocenters. The summed E-state index contributed by atoms with van der Waals surface area (Å²) in [5, 5.41) is 6.42. The zero-order valence-electron chi connectivity index (χ0n) is 14.3. The van der Waals surface area contributed by atoms with E-state index in [1.807, 2.05) is 12.1 Å². The zero-order valence-corrected chi connectivity index (χ0v) is 14.3. The highest BCUT2D eigenvalue weighted by molar-refractivity contribution is 6.04. The van der Waals surface area contributed by atoms with Gasteiger partial charge in [-0.2, -0.15) is 0 Å². The molecular weight excluding hydrogens is 348 g/mol. The number of hydrogen-bond acceptors (Lipinski definition) is 5. The number of carbonyl (C=O) groups excluding carboxylic acids is 2. The van der Waals surface area contributed by atoms with Crippen LogP contribution < -0.4 is 16.0 Å². The summed E-state index contributed by atoms with van der Waals surface area (Å²) in [4.78, 5) is 39.4. The summed E-state index contributed by atoms with van der Waals surface area (Å²) in [7, 11) is 0. The normalized spacial score (nSPS) is 13.8. The van der Waals surface area contributed by atoms with E-state index in [1.165, 1.54) is 0 Å². The molecule has 27 heavy (non-hydrogen) atoms. The quantitative estimate of drug-likeness (QED) is 0.739. The van der Waals surface area contributed by atoms with E-state index in [4.69, 9.17) is 0 Å². The van der Waals surface area contributed by atoms with Gasteiger partial charge in [-0.3, -0.25) is 19.1 Å². The number of amides is 2. The molecule has 136 valence electrons. The summed E-state index contributed by atoms with van der Waals surface area (Å²) < 4.78 is 4.46. The Kier molecular flexibility index (Phi) is 4.29. The maximum Gasteiger partial charge on any atom is 0.439 e. The average molecular weight is 364 g/mol. The average Bonchev–Trinajstić information content (AvgIpc) is 3.31. The molecule has 0 aliphatic carbocycles. The Morgan fingerprint density at radius 3 is 2.41 bits per heavy atom. The molecule has 2 aromatic carbocycles. The number of nitrogens with zero attached hydrogens (tertiary/aromatic N) is 2. The van der Waals surface area contributed by atoms with Crippen LogP contribution in [0.15, 0.2) is 57.8 Å². The second-order valence-electron chi connectivity index (χ2n) is 6.17. The van der Waals surface area contributed by atoms with E-state index in [9.17, 15) is 14.4 Å². The van der Waals surface area contributed by atoms with Crippen LogP contribution in [0.5, 0.6) is 0 Å². The van der Waals surface area contributed by atoms with Crippen molar-refractivity contribution < 1.29 is 14.1 Å². The molecular formula is C19H16N4O4. The van der Waals surface area contributed by atoms with Crippen LogP contribution in [-0.4, -0.2) is 28.5 Å². The van der Waals surface area contributed by atoms with Gasteiger partial charge in [0.1, 0.15) is 0 Å². The second-order valence-corrected chi connectivity index (χ2v) is 6.17. The molecule has 0 radical (unpaired) electrons. The highest BCUT2D eigenvalue weighted by atomic mass is 16.5. The molecule has 0 bridgehead atoms. The Labute approximate surface area is 153 Å². The standard InChI is InChI=1S/C19H16N4O4/c24-16-2-1-11-23(16)15-9-7-14(8-10-15)20-18(25)13-5-3-12(4-6-13)17-21-19(26)27-22-17/h3-10H,1-2,11H2,(H,20,25)(H,21,22,26). The van der Waals surface area contributed by atoms with Crippen molar-refractivity contribution in [2.75, 3.05) is 16.8 Å². The first kappa shape index (κ1) is 16.8. The van der Waals surface area contributed by atoms with Gasteiger partial charge >= 0.3 is 5.76 Å². The molecule has 1 aliphatic heterocycles. The Balaban J connectivity index is 1.44. The van der Waals surface area contributed by atoms with Crippen LogP contribution in [0.25, 0.3) is 11.4 Å². The van der Waals surface area contributed by atoms with Gasteiger partial charge in [0.15, 0.2) is 5.82 Å². The maximum atomic E-state index is 12.4. The summed E-state index contributed by atoms with van der Waals surface area (Å²) in [5.41, 5.74) is 2.57. The summed E-state index contributed by atoms with van der Waals surface area (Å²) in [6, 6.07) is 13.8. The van der Waals surface area contributed by atoms with E-state index < -0.39 is 5.76 Å². The summed E-state index contributed by atoms with van der Waals surface area (Å²) >= 11 is 0. The summed E-state index contributed by atoms with van der Waals surface area (Å²) in [6.45, 7) is 0.730. The Morgan fingerprint density at radius 2 is 1.81 bits per heavy atom. The Morgan fingerprint density at radius 1 is 1.07 bits per heavy atom. The number of hydrogen-bond donors (Lipinski definition) is 2. The number of nitrogens with one attached hydrogen (secondary N) is 2. The first-order chi connectivity index (χ1) is 13.1. The lowest BCUT2D eigenvalue weighted by Gasteiger charge is -2.16. The van der Waals surface area contributed by atoms with Crippen molar-refractivity contribution in [3.05, 3.63) is 64.6 Å². The molecule has 0 spiro atoms. The first-order valence-corrected chi connectivity index (χ1v) is 8.48. The zero-order chi connectivity index (χ0) is 18.8. The van der Waals surface area contributed by atoms with Crippen molar-refractivity contribution in [1.29, 1.82) is 0 Å². The predicted octanol–water partition coefficient (Wildman–Crippen LogP) is 2.41. The van der Waals surface area contributed by atoms with Crippen LogP contribution in [0.3, 0.4) is 0 Å². The SMILES string of the molecule is O=C(Nc1ccc(N2CCCC2=O)cc1)c1ccc(-c2noc(=O)[nH]2)cc1. The molecule has 1 saturated heterocycles. The fourth-order valence-corrected chi connectivity index (χ4v) is 2.98. The third-order valence-corrected chi connectivity index (χ3v) is 4.37. The fraction of sp³-hybridized carbons (Fsp3) is 0.158. The number of anilines is 2. The van der Waals surface area contributed by atoms with E-state index in [2.05, 4.69) is 20.0 Å². The topological polar surface area (TPSA) is 108 Å². The van der Waals surface area contributed by atoms with Gasteiger partial charge in [0.25, 0.3) is 5.91 Å². The molecule has 2 amide bonds. The lowest BCUT2D eigenvalue weighted by molar-refractivity contribution is -0.117. The first-order valence-electron chi connectivity index (χ1n) is 8.48. The highest BCUT2D eigenvalue weighted by Crippen LogP contribution is 2.23. The monoisotopic (exact) mass is 364 g/mol. The largest absolute Gasteiger partial charge is 0.439 e. The smallest absolute Gasteiger partial charge is 0.322 e. The van der Waals surface area contributed by atoms with E-state index in [1.54, 1.807) is 41.3 Å². The summed E-state index contributed by atoms with van der Waals surface area (Å²) in [5.74, 6) is -0.467. The minimum atomic E-state index is -0.633. The van der Waals surface area contributed by atoms with Crippen LogP contribution in [0.4, 0.5) is 11.4 Å². The van der Waals surface area contributed by atoms with E-state index in [-0.39, 0.29) is 11.8 Å². The van der Waals surface area contributed by atoms with Gasteiger partial charge in [-0.15, -0.1) is 0 Å². The van der Waals surface area contributed by atoms with Crippen molar-refractivity contribution >= 4 is 23.2 Å². The van der Waals surface area contributed by atoms with Crippen LogP contribution in [0.1, 0.15) is 23.2 Å². The highest BCUT2D eigenvalue weighted by Gasteiger charge is 2.21. The van der Waals surface area contributed by atoms with Gasteiger partial charge in [0.05, 0.1) is 0 Å². The summed E-state index contributed by atoms with van der Waals surface area (Å²) in [6.07, 6.45) is 1.45. The number of H-pyrrole nitrogens is 1. The molecule has 4 rings (SSSR count). The van der Waals surface area contributed by atoms with Crippen molar-refractivity contribution in [3.63, 3.8) is 0 Å². The van der Waals surface area contributed by atoms with Crippen molar-refractivity contribution in [3.8, 4) is 11.4 Å². The van der Waals surface area contributed by atoms with Crippen LogP contribution >= 0.6 is 0 Å². The molecule has 8 nitrogen and oxygen atoms in total. The molecule has 3 aromatic rings. The predicted molar refractivity (Wildman–Crippen MR) is 98.5 cm³/mol. The van der Waals surface area contributed by atoms with Crippen molar-refractivity contribution in [1.82, 2.24) is 10.1 Å². The van der Waals surface area contributed by atoms with Gasteiger partial charge in [-0.05, 0) is 42.8 Å².